The second-order valence-electron chi connectivity index (χ2n) is 7.63. The van der Waals surface area contributed by atoms with Gasteiger partial charge in [-0.25, -0.2) is 27.1 Å². The second-order valence-corrected chi connectivity index (χ2v) is 9.65. The van der Waals surface area contributed by atoms with Crippen LogP contribution in [0.5, 0.6) is 0 Å². The molecule has 0 bridgehead atoms. The summed E-state index contributed by atoms with van der Waals surface area (Å²) in [7, 11) is -2.10. The van der Waals surface area contributed by atoms with Crippen LogP contribution in [0.3, 0.4) is 0 Å². The third-order valence-electron chi connectivity index (χ3n) is 4.73. The normalized spacial score (nSPS) is 15.3. The highest BCUT2D eigenvalue weighted by Crippen LogP contribution is 2.31. The zero-order valence-corrected chi connectivity index (χ0v) is 21.4. The summed E-state index contributed by atoms with van der Waals surface area (Å²) >= 11 is 0. The molecular formula is C24H34FN3O5S. The summed E-state index contributed by atoms with van der Waals surface area (Å²) in [5.74, 6) is -0.535. The van der Waals surface area contributed by atoms with Crippen molar-refractivity contribution >= 4 is 28.0 Å². The van der Waals surface area contributed by atoms with E-state index in [-0.39, 0.29) is 30.1 Å². The Morgan fingerprint density at radius 1 is 1.24 bits per heavy atom. The molecule has 2 aromatic rings. The summed E-state index contributed by atoms with van der Waals surface area (Å²) in [6, 6.07) is 5.86. The van der Waals surface area contributed by atoms with E-state index < -0.39 is 16.1 Å². The van der Waals surface area contributed by atoms with Crippen LogP contribution in [-0.2, 0) is 19.6 Å². The van der Waals surface area contributed by atoms with Gasteiger partial charge in [-0.2, -0.15) is 0 Å². The highest BCUT2D eigenvalue weighted by molar-refractivity contribution is 7.92. The number of halogens is 1. The predicted octanol–water partition coefficient (Wildman–Crippen LogP) is 4.16. The number of aliphatic hydroxyl groups excluding tert-OH is 1. The molecule has 0 radical (unpaired) electrons. The molecule has 0 saturated carbocycles. The lowest BCUT2D eigenvalue weighted by Gasteiger charge is -2.20. The van der Waals surface area contributed by atoms with E-state index >= 15 is 0 Å². The van der Waals surface area contributed by atoms with Crippen molar-refractivity contribution in [1.29, 1.82) is 0 Å². The number of carbonyl (C=O) groups excluding carboxylic acids is 1. The fraction of sp³-hybridized carbons (Fsp3) is 0.458. The van der Waals surface area contributed by atoms with Crippen molar-refractivity contribution < 1.29 is 27.4 Å². The first-order valence-electron chi connectivity index (χ1n) is 11.0. The Balaban J connectivity index is 0.000000483. The van der Waals surface area contributed by atoms with Crippen LogP contribution in [0.25, 0.3) is 17.3 Å². The number of aromatic nitrogens is 2. The number of aliphatic hydroxyl groups is 1. The van der Waals surface area contributed by atoms with Gasteiger partial charge in [0.25, 0.3) is 0 Å². The van der Waals surface area contributed by atoms with Gasteiger partial charge in [0.15, 0.2) is 0 Å². The van der Waals surface area contributed by atoms with E-state index in [1.165, 1.54) is 19.2 Å². The van der Waals surface area contributed by atoms with Gasteiger partial charge in [-0.1, -0.05) is 40.3 Å². The van der Waals surface area contributed by atoms with Gasteiger partial charge >= 0.3 is 5.97 Å². The summed E-state index contributed by atoms with van der Waals surface area (Å²) < 4.78 is 42.5. The van der Waals surface area contributed by atoms with Gasteiger partial charge < -0.3 is 9.84 Å². The van der Waals surface area contributed by atoms with Crippen LogP contribution in [0.15, 0.2) is 30.8 Å². The lowest BCUT2D eigenvalue weighted by atomic mass is 9.98. The van der Waals surface area contributed by atoms with Crippen LogP contribution < -0.4 is 4.31 Å². The average molecular weight is 496 g/mol. The predicted molar refractivity (Wildman–Crippen MR) is 132 cm³/mol. The average Bonchev–Trinajstić information content (AvgIpc) is 2.79. The number of benzene rings is 1. The lowest BCUT2D eigenvalue weighted by molar-refractivity contribution is -0.151. The van der Waals surface area contributed by atoms with E-state index in [4.69, 9.17) is 5.11 Å². The van der Waals surface area contributed by atoms with Crippen molar-refractivity contribution in [1.82, 2.24) is 9.97 Å². The first-order chi connectivity index (χ1) is 15.9. The summed E-state index contributed by atoms with van der Waals surface area (Å²) in [5.41, 5.74) is 2.58. The number of cyclic esters (lactones) is 1. The van der Waals surface area contributed by atoms with Crippen LogP contribution in [0.4, 0.5) is 10.3 Å². The zero-order chi connectivity index (χ0) is 26.1. The molecule has 0 amide bonds. The molecule has 2 heterocycles. The minimum Gasteiger partial charge on any atom is -0.465 e. The van der Waals surface area contributed by atoms with Gasteiger partial charge in [0.2, 0.25) is 16.0 Å². The molecule has 188 valence electrons. The minimum atomic E-state index is -3.50. The van der Waals surface area contributed by atoms with E-state index in [0.29, 0.717) is 35.5 Å². The molecule has 1 N–H and O–H groups in total. The third-order valence-corrected chi connectivity index (χ3v) is 5.89. The number of ether oxygens (including phenoxy) is 1. The molecule has 1 aliphatic heterocycles. The van der Waals surface area contributed by atoms with Crippen LogP contribution in [0.2, 0.25) is 0 Å². The maximum atomic E-state index is 13.2. The molecule has 8 nitrogen and oxygen atoms in total. The maximum Gasteiger partial charge on any atom is 0.308 e. The molecular weight excluding hydrogens is 461 g/mol. The highest BCUT2D eigenvalue weighted by atomic mass is 32.2. The Labute approximate surface area is 201 Å². The van der Waals surface area contributed by atoms with Crippen molar-refractivity contribution in [2.75, 3.05) is 24.2 Å². The Morgan fingerprint density at radius 3 is 2.24 bits per heavy atom. The van der Waals surface area contributed by atoms with Crippen molar-refractivity contribution in [2.24, 2.45) is 0 Å². The molecule has 0 aliphatic carbocycles. The quantitative estimate of drug-likeness (QED) is 0.620. The van der Waals surface area contributed by atoms with Crippen molar-refractivity contribution in [3.63, 3.8) is 0 Å². The van der Waals surface area contributed by atoms with E-state index in [0.717, 1.165) is 10.6 Å². The summed E-state index contributed by atoms with van der Waals surface area (Å²) in [5, 5.41) is 8.78. The van der Waals surface area contributed by atoms with E-state index in [1.54, 1.807) is 18.2 Å². The van der Waals surface area contributed by atoms with Gasteiger partial charge in [0.05, 0.1) is 36.8 Å². The number of nitrogens with zero attached hydrogens (tertiary/aromatic N) is 3. The van der Waals surface area contributed by atoms with Crippen LogP contribution in [-0.4, -0.2) is 55.5 Å². The number of sulfonamides is 1. The molecule has 1 aromatic heterocycles. The Kier molecular flexibility index (Phi) is 11.3. The molecule has 1 fully saturated rings. The summed E-state index contributed by atoms with van der Waals surface area (Å²) in [6.45, 7) is 12.1. The second kappa shape index (κ2) is 13.1. The van der Waals surface area contributed by atoms with Gasteiger partial charge in [-0.15, -0.1) is 0 Å². The molecule has 1 aliphatic rings. The molecule has 1 atom stereocenters. The largest absolute Gasteiger partial charge is 0.465 e. The molecule has 1 aromatic carbocycles. The number of hydrogen-bond acceptors (Lipinski definition) is 7. The maximum absolute atomic E-state index is 13.2. The van der Waals surface area contributed by atoms with Crippen LogP contribution >= 0.6 is 0 Å². The Bertz CT molecular complexity index is 1070. The van der Waals surface area contributed by atoms with Gasteiger partial charge in [-0.3, -0.25) is 4.79 Å². The van der Waals surface area contributed by atoms with E-state index in [9.17, 15) is 17.6 Å². The topological polar surface area (TPSA) is 110 Å². The lowest BCUT2D eigenvalue weighted by Crippen LogP contribution is -2.27. The van der Waals surface area contributed by atoms with E-state index in [2.05, 4.69) is 21.3 Å². The Morgan fingerprint density at radius 2 is 1.82 bits per heavy atom. The smallest absolute Gasteiger partial charge is 0.308 e. The fourth-order valence-corrected chi connectivity index (χ4v) is 3.27. The molecule has 1 saturated heterocycles. The first kappa shape index (κ1) is 29.2. The highest BCUT2D eigenvalue weighted by Gasteiger charge is 2.21. The minimum absolute atomic E-state index is 0.0342. The summed E-state index contributed by atoms with van der Waals surface area (Å²) in [4.78, 5) is 19.1. The van der Waals surface area contributed by atoms with E-state index in [1.807, 2.05) is 27.7 Å². The van der Waals surface area contributed by atoms with Crippen LogP contribution in [0, 0.1) is 5.82 Å². The zero-order valence-electron chi connectivity index (χ0n) is 20.6. The molecule has 0 spiro atoms. The Hall–Kier alpha value is -2.85. The molecule has 3 rings (SSSR count). The van der Waals surface area contributed by atoms with Gasteiger partial charge in [0.1, 0.15) is 5.82 Å². The number of esters is 1. The molecule has 10 heteroatoms. The SMILES string of the molecule is C=Cc1c(-c2ccc(F)cc2)nc(N(C)S(C)(=O)=O)nc1C(C)C.CC.O=C1C[C@H](O)CCO1. The number of carbonyl (C=O) groups is 1. The molecule has 34 heavy (non-hydrogen) atoms. The first-order valence-corrected chi connectivity index (χ1v) is 12.9. The number of hydrogen-bond donors (Lipinski definition) is 1. The summed E-state index contributed by atoms with van der Waals surface area (Å²) in [6.07, 6.45) is 3.02. The number of rotatable bonds is 5. The van der Waals surface area contributed by atoms with Crippen molar-refractivity contribution in [2.45, 2.75) is 52.6 Å². The third kappa shape index (κ3) is 8.18. The standard InChI is InChI=1S/C17H20FN3O2S.C5H8O3.C2H6/c1-6-14-15(11(2)3)19-17(21(4)24(5,22)23)20-16(14)12-7-9-13(18)10-8-12;6-4-1-2-8-5(7)3-4;1-2/h6-11H,1H2,2-5H3;4,6H,1-3H2;1-2H3/t;4-;/m.1./s1. The van der Waals surface area contributed by atoms with Crippen molar-refractivity contribution in [3.05, 3.63) is 47.9 Å². The fourth-order valence-electron chi connectivity index (χ4n) is 2.89. The molecule has 0 unspecified atom stereocenters. The van der Waals surface area contributed by atoms with Crippen LogP contribution in [0.1, 0.15) is 57.7 Å². The van der Waals surface area contributed by atoms with Gasteiger partial charge in [0, 0.05) is 24.6 Å². The van der Waals surface area contributed by atoms with Crippen molar-refractivity contribution in [3.8, 4) is 11.3 Å². The number of anilines is 1. The van der Waals surface area contributed by atoms with Gasteiger partial charge in [-0.05, 0) is 30.2 Å². The monoisotopic (exact) mass is 495 g/mol.